The summed E-state index contributed by atoms with van der Waals surface area (Å²) in [5.41, 5.74) is 0. The van der Waals surface area contributed by atoms with E-state index in [4.69, 9.17) is 14.2 Å². The lowest BCUT2D eigenvalue weighted by Gasteiger charge is -2.26. The van der Waals surface area contributed by atoms with Crippen LogP contribution >= 0.6 is 0 Å². The van der Waals surface area contributed by atoms with E-state index in [1.165, 1.54) is 7.11 Å². The largest absolute Gasteiger partial charge is 0.467 e. The number of rotatable bonds is 3. The van der Waals surface area contributed by atoms with E-state index in [0.29, 0.717) is 18.4 Å². The number of hydrogen-bond acceptors (Lipinski definition) is 5. The number of esters is 1. The molecule has 0 radical (unpaired) electrons. The molecule has 3 unspecified atom stereocenters. The van der Waals surface area contributed by atoms with E-state index < -0.39 is 0 Å². The molecule has 5 heteroatoms. The molecule has 0 N–H and O–H groups in total. The summed E-state index contributed by atoms with van der Waals surface area (Å²) in [6.07, 6.45) is 1.03. The molecule has 2 saturated heterocycles. The molecule has 2 bridgehead atoms. The zero-order valence-electron chi connectivity index (χ0n) is 8.55. The quantitative estimate of drug-likeness (QED) is 0.616. The second-order valence-corrected chi connectivity index (χ2v) is 4.29. The first kappa shape index (κ1) is 9.57. The lowest BCUT2D eigenvalue weighted by atomic mass is 10.1. The van der Waals surface area contributed by atoms with E-state index in [1.54, 1.807) is 0 Å². The summed E-state index contributed by atoms with van der Waals surface area (Å²) in [5, 5.41) is 0. The lowest BCUT2D eigenvalue weighted by molar-refractivity contribution is -0.186. The molecule has 3 fully saturated rings. The van der Waals surface area contributed by atoms with Crippen molar-refractivity contribution in [2.75, 3.05) is 20.3 Å². The zero-order chi connectivity index (χ0) is 10.4. The molecule has 2 heterocycles. The van der Waals surface area contributed by atoms with E-state index in [9.17, 15) is 4.79 Å². The molecule has 0 aromatic heterocycles. The van der Waals surface area contributed by atoms with Crippen molar-refractivity contribution in [3.8, 4) is 0 Å². The first-order valence-corrected chi connectivity index (χ1v) is 5.25. The number of carbonyl (C=O) groups is 1. The number of carbonyl (C=O) groups excluding carboxylic acids is 1. The molecule has 84 valence electrons. The van der Waals surface area contributed by atoms with E-state index in [1.807, 2.05) is 0 Å². The van der Waals surface area contributed by atoms with Crippen molar-refractivity contribution in [2.24, 2.45) is 11.8 Å². The highest BCUT2D eigenvalue weighted by molar-refractivity contribution is 5.70. The van der Waals surface area contributed by atoms with Gasteiger partial charge < -0.3 is 18.9 Å². The average molecular weight is 214 g/mol. The molecule has 0 amide bonds. The van der Waals surface area contributed by atoms with Crippen molar-refractivity contribution in [3.63, 3.8) is 0 Å². The van der Waals surface area contributed by atoms with E-state index in [-0.39, 0.29) is 31.1 Å². The first-order valence-electron chi connectivity index (χ1n) is 5.25. The minimum atomic E-state index is -0.354. The molecule has 0 spiro atoms. The molecule has 3 aliphatic rings. The molecule has 3 rings (SSSR count). The normalized spacial score (nSPS) is 46.1. The SMILES string of the molecule is COC(=O)COC1C2C[C@@H]2C2CO[C@@H]1O2. The van der Waals surface area contributed by atoms with Gasteiger partial charge in [-0.1, -0.05) is 0 Å². The Morgan fingerprint density at radius 1 is 1.47 bits per heavy atom. The Labute approximate surface area is 87.6 Å². The molecule has 2 aliphatic heterocycles. The molecule has 15 heavy (non-hydrogen) atoms. The summed E-state index contributed by atoms with van der Waals surface area (Å²) >= 11 is 0. The molecule has 1 aliphatic carbocycles. The molecule has 0 aromatic carbocycles. The Morgan fingerprint density at radius 2 is 2.33 bits per heavy atom. The summed E-state index contributed by atoms with van der Waals surface area (Å²) in [5.74, 6) is 0.736. The minimum Gasteiger partial charge on any atom is -0.467 e. The highest BCUT2D eigenvalue weighted by atomic mass is 16.7. The maximum Gasteiger partial charge on any atom is 0.331 e. The fraction of sp³-hybridized carbons (Fsp3) is 0.900. The van der Waals surface area contributed by atoms with Gasteiger partial charge in [0.2, 0.25) is 0 Å². The van der Waals surface area contributed by atoms with Crippen molar-refractivity contribution < 1.29 is 23.7 Å². The van der Waals surface area contributed by atoms with Crippen LogP contribution in [0.2, 0.25) is 0 Å². The minimum absolute atomic E-state index is 0.0156. The van der Waals surface area contributed by atoms with Gasteiger partial charge >= 0.3 is 5.97 Å². The summed E-state index contributed by atoms with van der Waals surface area (Å²) in [6, 6.07) is 0. The predicted molar refractivity (Wildman–Crippen MR) is 48.0 cm³/mol. The maximum atomic E-state index is 11.0. The van der Waals surface area contributed by atoms with Crippen LogP contribution in [0, 0.1) is 11.8 Å². The lowest BCUT2D eigenvalue weighted by Crippen LogP contribution is -2.38. The third kappa shape index (κ3) is 1.55. The second kappa shape index (κ2) is 3.43. The second-order valence-electron chi connectivity index (χ2n) is 4.29. The van der Waals surface area contributed by atoms with E-state index >= 15 is 0 Å². The number of methoxy groups -OCH3 is 1. The Hall–Kier alpha value is -0.650. The first-order chi connectivity index (χ1) is 7.29. The van der Waals surface area contributed by atoms with Gasteiger partial charge in [-0.25, -0.2) is 4.79 Å². The smallest absolute Gasteiger partial charge is 0.331 e. The van der Waals surface area contributed by atoms with E-state index in [2.05, 4.69) is 4.74 Å². The molecule has 5 nitrogen and oxygen atoms in total. The van der Waals surface area contributed by atoms with Crippen molar-refractivity contribution in [2.45, 2.75) is 24.9 Å². The van der Waals surface area contributed by atoms with Gasteiger partial charge in [0.15, 0.2) is 6.29 Å². The number of ether oxygens (including phenoxy) is 4. The highest BCUT2D eigenvalue weighted by Crippen LogP contribution is 2.53. The third-order valence-electron chi connectivity index (χ3n) is 3.41. The van der Waals surface area contributed by atoms with Crippen molar-refractivity contribution in [1.29, 1.82) is 0 Å². The van der Waals surface area contributed by atoms with Gasteiger partial charge in [0, 0.05) is 0 Å². The van der Waals surface area contributed by atoms with Crippen LogP contribution in [0.5, 0.6) is 0 Å². The molecular formula is C10H14O5. The van der Waals surface area contributed by atoms with Crippen LogP contribution in [-0.2, 0) is 23.7 Å². The number of fused-ring (bicyclic) bond motifs is 4. The van der Waals surface area contributed by atoms with Crippen molar-refractivity contribution in [1.82, 2.24) is 0 Å². The van der Waals surface area contributed by atoms with Crippen LogP contribution in [0.25, 0.3) is 0 Å². The Balaban J connectivity index is 1.59. The van der Waals surface area contributed by atoms with Crippen LogP contribution in [-0.4, -0.2) is 44.8 Å². The van der Waals surface area contributed by atoms with Crippen molar-refractivity contribution >= 4 is 5.97 Å². The third-order valence-corrected chi connectivity index (χ3v) is 3.41. The molecule has 5 atom stereocenters. The van der Waals surface area contributed by atoms with Gasteiger partial charge in [-0.15, -0.1) is 0 Å². The van der Waals surface area contributed by atoms with Crippen LogP contribution in [0.3, 0.4) is 0 Å². The highest BCUT2D eigenvalue weighted by Gasteiger charge is 2.59. The van der Waals surface area contributed by atoms with Gasteiger partial charge in [0.05, 0.1) is 19.8 Å². The van der Waals surface area contributed by atoms with Crippen molar-refractivity contribution in [3.05, 3.63) is 0 Å². The Kier molecular flexibility index (Phi) is 2.19. The standard InChI is InChI=1S/C10H14O5/c1-12-8(11)4-13-9-6-2-5(6)7-3-14-10(9)15-7/h5-7,9-10H,2-4H2,1H3/t5-,6?,7?,9?,10+/m0/s1. The van der Waals surface area contributed by atoms with Crippen LogP contribution in [0.15, 0.2) is 0 Å². The summed E-state index contributed by atoms with van der Waals surface area (Å²) in [7, 11) is 1.35. The summed E-state index contributed by atoms with van der Waals surface area (Å²) < 4.78 is 21.1. The maximum absolute atomic E-state index is 11.0. The molecule has 1 saturated carbocycles. The number of hydrogen-bond donors (Lipinski definition) is 0. The monoisotopic (exact) mass is 214 g/mol. The average Bonchev–Trinajstić information content (AvgIpc) is 2.93. The van der Waals surface area contributed by atoms with Gasteiger partial charge in [-0.2, -0.15) is 0 Å². The van der Waals surface area contributed by atoms with Crippen LogP contribution < -0.4 is 0 Å². The van der Waals surface area contributed by atoms with Gasteiger partial charge in [-0.3, -0.25) is 0 Å². The van der Waals surface area contributed by atoms with Crippen LogP contribution in [0.4, 0.5) is 0 Å². The van der Waals surface area contributed by atoms with Gasteiger partial charge in [0.25, 0.3) is 0 Å². The fourth-order valence-electron chi connectivity index (χ4n) is 2.51. The predicted octanol–water partition coefficient (Wildman–Crippen LogP) is -0.0642. The van der Waals surface area contributed by atoms with Gasteiger partial charge in [-0.05, 0) is 18.3 Å². The Bertz CT molecular complexity index is 279. The zero-order valence-corrected chi connectivity index (χ0v) is 8.55. The summed E-state index contributed by atoms with van der Waals surface area (Å²) in [6.45, 7) is 0.655. The Morgan fingerprint density at radius 3 is 3.13 bits per heavy atom. The molecule has 0 aromatic rings. The van der Waals surface area contributed by atoms with Gasteiger partial charge in [0.1, 0.15) is 12.7 Å². The topological polar surface area (TPSA) is 54.0 Å². The molecular weight excluding hydrogens is 200 g/mol. The fourth-order valence-corrected chi connectivity index (χ4v) is 2.51. The van der Waals surface area contributed by atoms with E-state index in [0.717, 1.165) is 6.42 Å². The summed E-state index contributed by atoms with van der Waals surface area (Å²) in [4.78, 5) is 11.0. The van der Waals surface area contributed by atoms with Crippen LogP contribution in [0.1, 0.15) is 6.42 Å².